The zero-order chi connectivity index (χ0) is 19.4. The Balaban J connectivity index is 1.61. The summed E-state index contributed by atoms with van der Waals surface area (Å²) < 4.78 is 18.1. The molecule has 0 fully saturated rings. The maximum atomic E-state index is 12.9. The van der Waals surface area contributed by atoms with Gasteiger partial charge in [0.1, 0.15) is 17.3 Å². The number of benzene rings is 3. The fraction of sp³-hybridized carbons (Fsp3) is 0.174. The second-order valence-corrected chi connectivity index (χ2v) is 6.62. The zero-order valence-electron chi connectivity index (χ0n) is 15.3. The van der Waals surface area contributed by atoms with Crippen molar-refractivity contribution in [3.05, 3.63) is 94.3 Å². The zero-order valence-corrected chi connectivity index (χ0v) is 15.3. The minimum Gasteiger partial charge on any atom is -0.507 e. The Labute approximate surface area is 158 Å². The molecule has 0 amide bonds. The maximum absolute atomic E-state index is 12.9. The van der Waals surface area contributed by atoms with Crippen molar-refractivity contribution in [2.24, 2.45) is 0 Å². The van der Waals surface area contributed by atoms with Crippen molar-refractivity contribution in [1.82, 2.24) is 0 Å². The number of aryl methyl sites for hydroxylation is 4. The van der Waals surface area contributed by atoms with E-state index in [9.17, 15) is 14.3 Å². The second kappa shape index (κ2) is 8.04. The monoisotopic (exact) mass is 364 g/mol. The van der Waals surface area contributed by atoms with Crippen LogP contribution in [-0.4, -0.2) is 11.1 Å². The molecule has 0 unspecified atom stereocenters. The molecule has 1 N–H and O–H groups in total. The first-order chi connectivity index (χ1) is 12.9. The fourth-order valence-electron chi connectivity index (χ4n) is 2.95. The van der Waals surface area contributed by atoms with Crippen LogP contribution in [0.3, 0.4) is 0 Å². The van der Waals surface area contributed by atoms with Crippen LogP contribution < -0.4 is 4.74 Å². The van der Waals surface area contributed by atoms with Crippen LogP contribution in [-0.2, 0) is 12.8 Å². The molecular weight excluding hydrogens is 343 g/mol. The number of phenols is 1. The number of halogens is 1. The van der Waals surface area contributed by atoms with Gasteiger partial charge in [0.05, 0.1) is 5.56 Å². The van der Waals surface area contributed by atoms with E-state index in [0.29, 0.717) is 17.1 Å². The summed E-state index contributed by atoms with van der Waals surface area (Å²) in [6.45, 7) is 3.79. The van der Waals surface area contributed by atoms with E-state index in [2.05, 4.69) is 0 Å². The maximum Gasteiger partial charge on any atom is 0.343 e. The van der Waals surface area contributed by atoms with Gasteiger partial charge in [-0.05, 0) is 85.3 Å². The molecule has 0 heterocycles. The average Bonchev–Trinajstić information content (AvgIpc) is 2.66. The van der Waals surface area contributed by atoms with Gasteiger partial charge in [0, 0.05) is 0 Å². The van der Waals surface area contributed by atoms with Crippen LogP contribution in [0, 0.1) is 19.7 Å². The van der Waals surface area contributed by atoms with E-state index in [0.717, 1.165) is 29.5 Å². The van der Waals surface area contributed by atoms with Gasteiger partial charge in [-0.15, -0.1) is 0 Å². The van der Waals surface area contributed by atoms with Crippen molar-refractivity contribution < 1.29 is 19.0 Å². The molecule has 0 spiro atoms. The van der Waals surface area contributed by atoms with Crippen molar-refractivity contribution >= 4 is 5.97 Å². The lowest BCUT2D eigenvalue weighted by Gasteiger charge is -2.09. The first-order valence-electron chi connectivity index (χ1n) is 8.78. The molecule has 0 aromatic heterocycles. The summed E-state index contributed by atoms with van der Waals surface area (Å²) >= 11 is 0. The summed E-state index contributed by atoms with van der Waals surface area (Å²) in [6, 6.07) is 16.6. The van der Waals surface area contributed by atoms with Crippen LogP contribution in [0.15, 0.2) is 60.7 Å². The molecule has 4 heteroatoms. The molecule has 27 heavy (non-hydrogen) atoms. The van der Waals surface area contributed by atoms with E-state index in [1.54, 1.807) is 12.1 Å². The molecule has 0 aliphatic rings. The van der Waals surface area contributed by atoms with Crippen LogP contribution >= 0.6 is 0 Å². The quantitative estimate of drug-likeness (QED) is 0.503. The van der Waals surface area contributed by atoms with Crippen LogP contribution in [0.25, 0.3) is 0 Å². The number of hydrogen-bond acceptors (Lipinski definition) is 3. The second-order valence-electron chi connectivity index (χ2n) is 6.62. The largest absolute Gasteiger partial charge is 0.507 e. The molecule has 0 aliphatic heterocycles. The molecule has 3 rings (SSSR count). The van der Waals surface area contributed by atoms with Gasteiger partial charge in [0.2, 0.25) is 0 Å². The van der Waals surface area contributed by atoms with Gasteiger partial charge in [-0.25, -0.2) is 9.18 Å². The molecule has 0 aliphatic carbocycles. The number of hydrogen-bond donors (Lipinski definition) is 1. The fourth-order valence-corrected chi connectivity index (χ4v) is 2.95. The summed E-state index contributed by atoms with van der Waals surface area (Å²) in [4.78, 5) is 12.2. The highest BCUT2D eigenvalue weighted by atomic mass is 19.1. The number of carbonyl (C=O) groups excluding carboxylic acids is 1. The molecule has 0 saturated carbocycles. The highest BCUT2D eigenvalue weighted by Gasteiger charge is 2.09. The molecular formula is C23H21FO3. The molecule has 3 aromatic rings. The van der Waals surface area contributed by atoms with Crippen LogP contribution in [0.5, 0.6) is 11.5 Å². The van der Waals surface area contributed by atoms with Crippen molar-refractivity contribution in [2.45, 2.75) is 26.7 Å². The Morgan fingerprint density at radius 1 is 0.889 bits per heavy atom. The SMILES string of the molecule is Cc1cc(CCc2ccc(C(=O)Oc3ccc(F)cc3)cc2)cc(C)c1O. The summed E-state index contributed by atoms with van der Waals surface area (Å²) in [7, 11) is 0. The Morgan fingerprint density at radius 2 is 1.44 bits per heavy atom. The highest BCUT2D eigenvalue weighted by Crippen LogP contribution is 2.23. The predicted molar refractivity (Wildman–Crippen MR) is 103 cm³/mol. The summed E-state index contributed by atoms with van der Waals surface area (Å²) in [5.74, 6) is -0.192. The van der Waals surface area contributed by atoms with Crippen LogP contribution in [0.2, 0.25) is 0 Å². The number of ether oxygens (including phenoxy) is 1. The molecule has 0 bridgehead atoms. The van der Waals surface area contributed by atoms with Gasteiger partial charge in [-0.1, -0.05) is 24.3 Å². The minimum atomic E-state index is -0.474. The molecule has 3 aromatic carbocycles. The van der Waals surface area contributed by atoms with Gasteiger partial charge >= 0.3 is 5.97 Å². The van der Waals surface area contributed by atoms with Crippen molar-refractivity contribution in [3.63, 3.8) is 0 Å². The lowest BCUT2D eigenvalue weighted by atomic mass is 9.99. The molecule has 138 valence electrons. The van der Waals surface area contributed by atoms with E-state index in [1.807, 2.05) is 38.1 Å². The van der Waals surface area contributed by atoms with Crippen molar-refractivity contribution in [1.29, 1.82) is 0 Å². The normalized spacial score (nSPS) is 10.6. The third-order valence-electron chi connectivity index (χ3n) is 4.47. The average molecular weight is 364 g/mol. The first kappa shape index (κ1) is 18.6. The lowest BCUT2D eigenvalue weighted by Crippen LogP contribution is -2.08. The number of esters is 1. The predicted octanol–water partition coefficient (Wildman–Crippen LogP) is 5.15. The Bertz CT molecular complexity index is 921. The van der Waals surface area contributed by atoms with Gasteiger partial charge in [0.25, 0.3) is 0 Å². The Kier molecular flexibility index (Phi) is 5.55. The van der Waals surface area contributed by atoms with E-state index < -0.39 is 5.97 Å². The molecule has 3 nitrogen and oxygen atoms in total. The lowest BCUT2D eigenvalue weighted by molar-refractivity contribution is 0.0734. The van der Waals surface area contributed by atoms with E-state index >= 15 is 0 Å². The van der Waals surface area contributed by atoms with E-state index in [-0.39, 0.29) is 5.82 Å². The smallest absolute Gasteiger partial charge is 0.343 e. The van der Waals surface area contributed by atoms with Crippen molar-refractivity contribution in [2.75, 3.05) is 0 Å². The number of carbonyl (C=O) groups is 1. The van der Waals surface area contributed by atoms with Gasteiger partial charge in [-0.2, -0.15) is 0 Å². The molecule has 0 atom stereocenters. The summed E-state index contributed by atoms with van der Waals surface area (Å²) in [5.41, 5.74) is 4.48. The molecule has 0 saturated heterocycles. The number of rotatable bonds is 5. The standard InChI is InChI=1S/C23H21FO3/c1-15-13-18(14-16(2)22(15)25)4-3-17-5-7-19(8-6-17)23(26)27-21-11-9-20(24)10-12-21/h5-14,25H,3-4H2,1-2H3. The first-order valence-corrected chi connectivity index (χ1v) is 8.78. The minimum absolute atomic E-state index is 0.309. The topological polar surface area (TPSA) is 46.5 Å². The van der Waals surface area contributed by atoms with Gasteiger partial charge in [0.15, 0.2) is 0 Å². The highest BCUT2D eigenvalue weighted by molar-refractivity contribution is 5.91. The van der Waals surface area contributed by atoms with E-state index in [1.165, 1.54) is 29.8 Å². The van der Waals surface area contributed by atoms with Crippen LogP contribution in [0.4, 0.5) is 4.39 Å². The van der Waals surface area contributed by atoms with Gasteiger partial charge < -0.3 is 9.84 Å². The number of aromatic hydroxyl groups is 1. The Morgan fingerprint density at radius 3 is 2.04 bits per heavy atom. The summed E-state index contributed by atoms with van der Waals surface area (Å²) in [6.07, 6.45) is 1.68. The van der Waals surface area contributed by atoms with Crippen LogP contribution in [0.1, 0.15) is 32.6 Å². The van der Waals surface area contributed by atoms with Crippen molar-refractivity contribution in [3.8, 4) is 11.5 Å². The Hall–Kier alpha value is -3.14. The number of phenolic OH excluding ortho intramolecular Hbond substituents is 1. The third kappa shape index (κ3) is 4.73. The van der Waals surface area contributed by atoms with Gasteiger partial charge in [-0.3, -0.25) is 0 Å². The molecule has 0 radical (unpaired) electrons. The van der Waals surface area contributed by atoms with E-state index in [4.69, 9.17) is 4.74 Å². The third-order valence-corrected chi connectivity index (χ3v) is 4.47. The summed E-state index contributed by atoms with van der Waals surface area (Å²) in [5, 5.41) is 9.86.